The smallest absolute Gasteiger partial charge is 0.00702 e. The summed E-state index contributed by atoms with van der Waals surface area (Å²) in [7, 11) is 0. The van der Waals surface area contributed by atoms with Crippen molar-refractivity contribution in [3.63, 3.8) is 0 Å². The molecule has 1 rings (SSSR count). The number of benzene rings is 1. The van der Waals surface area contributed by atoms with E-state index < -0.39 is 0 Å². The van der Waals surface area contributed by atoms with Crippen LogP contribution in [0.4, 0.5) is 0 Å². The molecule has 1 aromatic rings. The molecule has 0 bridgehead atoms. The van der Waals surface area contributed by atoms with Crippen LogP contribution in [0.5, 0.6) is 0 Å². The maximum atomic E-state index is 3.79. The largest absolute Gasteiger partial charge is 0.314 e. The van der Waals surface area contributed by atoms with Crippen LogP contribution in [0, 0.1) is 6.92 Å². The minimum Gasteiger partial charge on any atom is -0.314 e. The lowest BCUT2D eigenvalue weighted by atomic mass is 9.99. The van der Waals surface area contributed by atoms with Gasteiger partial charge in [-0.1, -0.05) is 55.7 Å². The molecule has 21 heavy (non-hydrogen) atoms. The van der Waals surface area contributed by atoms with Crippen molar-refractivity contribution < 1.29 is 0 Å². The molecule has 0 spiro atoms. The van der Waals surface area contributed by atoms with E-state index in [0.29, 0.717) is 6.04 Å². The molecule has 1 aromatic carbocycles. The molecule has 1 unspecified atom stereocenters. The number of rotatable bonds is 12. The topological polar surface area (TPSA) is 12.0 Å². The Morgan fingerprint density at radius 3 is 2.52 bits per heavy atom. The molecular formula is C20H33N. The van der Waals surface area contributed by atoms with Crippen molar-refractivity contribution in [2.24, 2.45) is 0 Å². The molecule has 1 heteroatoms. The lowest BCUT2D eigenvalue weighted by Crippen LogP contribution is -2.30. The Kier molecular flexibility index (Phi) is 9.90. The summed E-state index contributed by atoms with van der Waals surface area (Å²) in [5.41, 5.74) is 2.82. The second-order valence-corrected chi connectivity index (χ2v) is 6.10. The first kappa shape index (κ1) is 18.0. The monoisotopic (exact) mass is 287 g/mol. The van der Waals surface area contributed by atoms with Gasteiger partial charge in [0, 0.05) is 6.04 Å². The predicted molar refractivity (Wildman–Crippen MR) is 94.9 cm³/mol. The maximum absolute atomic E-state index is 3.79. The average molecular weight is 287 g/mol. The van der Waals surface area contributed by atoms with Gasteiger partial charge in [-0.15, -0.1) is 6.58 Å². The fraction of sp³-hybridized carbons (Fsp3) is 0.600. The van der Waals surface area contributed by atoms with Crippen molar-refractivity contribution >= 4 is 0 Å². The Hall–Kier alpha value is -1.08. The van der Waals surface area contributed by atoms with E-state index in [-0.39, 0.29) is 0 Å². The number of aryl methyl sites for hydroxylation is 2. The molecule has 1 atom stereocenters. The standard InChI is InChI=1S/C20H33N/c1-4-6-7-8-9-10-20(21-17-5-2)16-15-19-13-11-18(3)12-14-19/h4,11-14,20-21H,1,5-10,15-17H2,2-3H3. The van der Waals surface area contributed by atoms with Gasteiger partial charge < -0.3 is 5.32 Å². The van der Waals surface area contributed by atoms with Gasteiger partial charge in [-0.3, -0.25) is 0 Å². The molecule has 0 aromatic heterocycles. The summed E-state index contributed by atoms with van der Waals surface area (Å²) in [4.78, 5) is 0. The molecule has 1 nitrogen and oxygen atoms in total. The molecule has 0 saturated heterocycles. The predicted octanol–water partition coefficient (Wildman–Crippen LogP) is 5.43. The zero-order valence-electron chi connectivity index (χ0n) is 14.0. The Morgan fingerprint density at radius 2 is 1.86 bits per heavy atom. The SMILES string of the molecule is C=CCCCCCC(CCc1ccc(C)cc1)NCCC. The van der Waals surface area contributed by atoms with Crippen LogP contribution < -0.4 is 5.32 Å². The normalized spacial score (nSPS) is 12.3. The van der Waals surface area contributed by atoms with Crippen molar-refractivity contribution in [1.82, 2.24) is 5.32 Å². The molecule has 118 valence electrons. The van der Waals surface area contributed by atoms with Gasteiger partial charge in [0.1, 0.15) is 0 Å². The van der Waals surface area contributed by atoms with E-state index in [1.165, 1.54) is 56.1 Å². The average Bonchev–Trinajstić information content (AvgIpc) is 2.50. The van der Waals surface area contributed by atoms with Gasteiger partial charge in [-0.05, 0) is 57.6 Å². The van der Waals surface area contributed by atoms with Crippen LogP contribution >= 0.6 is 0 Å². The summed E-state index contributed by atoms with van der Waals surface area (Å²) in [6.45, 7) is 9.33. The van der Waals surface area contributed by atoms with Crippen LogP contribution in [0.3, 0.4) is 0 Å². The Bertz CT molecular complexity index is 366. The molecule has 0 aliphatic carbocycles. The lowest BCUT2D eigenvalue weighted by molar-refractivity contribution is 0.433. The van der Waals surface area contributed by atoms with Gasteiger partial charge in [-0.25, -0.2) is 0 Å². The van der Waals surface area contributed by atoms with Gasteiger partial charge >= 0.3 is 0 Å². The summed E-state index contributed by atoms with van der Waals surface area (Å²) < 4.78 is 0. The second kappa shape index (κ2) is 11.6. The Morgan fingerprint density at radius 1 is 1.10 bits per heavy atom. The highest BCUT2D eigenvalue weighted by molar-refractivity contribution is 5.21. The van der Waals surface area contributed by atoms with E-state index in [4.69, 9.17) is 0 Å². The summed E-state index contributed by atoms with van der Waals surface area (Å²) in [5.74, 6) is 0. The summed E-state index contributed by atoms with van der Waals surface area (Å²) in [6.07, 6.45) is 12.1. The highest BCUT2D eigenvalue weighted by Crippen LogP contribution is 2.12. The molecule has 0 saturated carbocycles. The number of nitrogens with one attached hydrogen (secondary N) is 1. The lowest BCUT2D eigenvalue weighted by Gasteiger charge is -2.18. The van der Waals surface area contributed by atoms with Crippen molar-refractivity contribution in [1.29, 1.82) is 0 Å². The number of allylic oxidation sites excluding steroid dienone is 1. The zero-order chi connectivity index (χ0) is 15.3. The molecule has 0 aliphatic rings. The van der Waals surface area contributed by atoms with Crippen LogP contribution in [-0.2, 0) is 6.42 Å². The van der Waals surface area contributed by atoms with E-state index in [1.807, 2.05) is 6.08 Å². The van der Waals surface area contributed by atoms with Crippen LogP contribution in [-0.4, -0.2) is 12.6 Å². The highest BCUT2D eigenvalue weighted by atomic mass is 14.9. The quantitative estimate of drug-likeness (QED) is 0.399. The third-order valence-corrected chi connectivity index (χ3v) is 4.05. The maximum Gasteiger partial charge on any atom is 0.00702 e. The molecule has 0 amide bonds. The van der Waals surface area contributed by atoms with E-state index in [2.05, 4.69) is 50.0 Å². The van der Waals surface area contributed by atoms with Crippen LogP contribution in [0.15, 0.2) is 36.9 Å². The fourth-order valence-corrected chi connectivity index (χ4v) is 2.65. The summed E-state index contributed by atoms with van der Waals surface area (Å²) >= 11 is 0. The van der Waals surface area contributed by atoms with Gasteiger partial charge in [0.2, 0.25) is 0 Å². The van der Waals surface area contributed by atoms with Crippen molar-refractivity contribution in [3.05, 3.63) is 48.0 Å². The minimum atomic E-state index is 0.676. The zero-order valence-corrected chi connectivity index (χ0v) is 14.0. The minimum absolute atomic E-state index is 0.676. The highest BCUT2D eigenvalue weighted by Gasteiger charge is 2.07. The summed E-state index contributed by atoms with van der Waals surface area (Å²) in [5, 5.41) is 3.72. The first-order valence-electron chi connectivity index (χ1n) is 8.66. The first-order chi connectivity index (χ1) is 10.3. The van der Waals surface area contributed by atoms with Crippen molar-refractivity contribution in [3.8, 4) is 0 Å². The Balaban J connectivity index is 2.30. The van der Waals surface area contributed by atoms with E-state index in [0.717, 1.165) is 13.0 Å². The second-order valence-electron chi connectivity index (χ2n) is 6.10. The molecule has 0 fully saturated rings. The first-order valence-corrected chi connectivity index (χ1v) is 8.66. The van der Waals surface area contributed by atoms with Gasteiger partial charge in [0.25, 0.3) is 0 Å². The Labute approximate surface area is 131 Å². The van der Waals surface area contributed by atoms with E-state index >= 15 is 0 Å². The van der Waals surface area contributed by atoms with Crippen molar-refractivity contribution in [2.45, 2.75) is 71.3 Å². The number of unbranched alkanes of at least 4 members (excludes halogenated alkanes) is 3. The molecular weight excluding hydrogens is 254 g/mol. The van der Waals surface area contributed by atoms with Crippen molar-refractivity contribution in [2.75, 3.05) is 6.54 Å². The molecule has 0 aliphatic heterocycles. The molecule has 0 heterocycles. The van der Waals surface area contributed by atoms with E-state index in [1.54, 1.807) is 0 Å². The third-order valence-electron chi connectivity index (χ3n) is 4.05. The van der Waals surface area contributed by atoms with Gasteiger partial charge in [0.15, 0.2) is 0 Å². The summed E-state index contributed by atoms with van der Waals surface area (Å²) in [6, 6.07) is 9.67. The van der Waals surface area contributed by atoms with Crippen LogP contribution in [0.2, 0.25) is 0 Å². The molecule has 0 radical (unpaired) electrons. The van der Waals surface area contributed by atoms with Crippen LogP contribution in [0.25, 0.3) is 0 Å². The van der Waals surface area contributed by atoms with Gasteiger partial charge in [0.05, 0.1) is 0 Å². The van der Waals surface area contributed by atoms with Crippen LogP contribution in [0.1, 0.15) is 63.0 Å². The number of hydrogen-bond acceptors (Lipinski definition) is 1. The van der Waals surface area contributed by atoms with E-state index in [9.17, 15) is 0 Å². The number of hydrogen-bond donors (Lipinski definition) is 1. The third kappa shape index (κ3) is 8.72. The van der Waals surface area contributed by atoms with Gasteiger partial charge in [-0.2, -0.15) is 0 Å². The fourth-order valence-electron chi connectivity index (χ4n) is 2.65. The molecule has 1 N–H and O–H groups in total.